The zero-order chi connectivity index (χ0) is 14.3. The van der Waals surface area contributed by atoms with Gasteiger partial charge in [-0.05, 0) is 25.3 Å². The molecule has 4 nitrogen and oxygen atoms in total. The van der Waals surface area contributed by atoms with Crippen LogP contribution >= 0.6 is 24.8 Å². The number of carbonyl (C=O) groups excluding carboxylic acids is 1. The van der Waals surface area contributed by atoms with Crippen LogP contribution in [0.2, 0.25) is 0 Å². The van der Waals surface area contributed by atoms with Gasteiger partial charge < -0.3 is 16.0 Å². The van der Waals surface area contributed by atoms with Gasteiger partial charge in [-0.1, -0.05) is 30.3 Å². The molecule has 2 aliphatic rings. The lowest BCUT2D eigenvalue weighted by atomic mass is 9.89. The number of nitrogens with one attached hydrogen (secondary N) is 1. The van der Waals surface area contributed by atoms with E-state index in [9.17, 15) is 4.79 Å². The third-order valence-electron chi connectivity index (χ3n) is 4.52. The van der Waals surface area contributed by atoms with Crippen LogP contribution in [0.3, 0.4) is 0 Å². The first-order valence-corrected chi connectivity index (χ1v) is 7.34. The van der Waals surface area contributed by atoms with E-state index in [0.717, 1.165) is 19.6 Å². The Labute approximate surface area is 144 Å². The number of amides is 1. The Morgan fingerprint density at radius 1 is 1.23 bits per heavy atom. The second-order valence-corrected chi connectivity index (χ2v) is 6.62. The summed E-state index contributed by atoms with van der Waals surface area (Å²) in [7, 11) is 0. The first kappa shape index (κ1) is 19.2. The van der Waals surface area contributed by atoms with Crippen molar-refractivity contribution >= 4 is 30.7 Å². The Hall–Kier alpha value is -0.810. The number of fused-ring (bicyclic) bond motifs is 1. The second-order valence-electron chi connectivity index (χ2n) is 6.62. The van der Waals surface area contributed by atoms with Gasteiger partial charge in [-0.2, -0.15) is 0 Å². The number of likely N-dealkylation sites (tertiary alicyclic amines) is 1. The van der Waals surface area contributed by atoms with Gasteiger partial charge in [0, 0.05) is 25.6 Å². The summed E-state index contributed by atoms with van der Waals surface area (Å²) < 4.78 is 0. The van der Waals surface area contributed by atoms with Gasteiger partial charge in [0.05, 0.1) is 11.6 Å². The van der Waals surface area contributed by atoms with Crippen molar-refractivity contribution in [1.82, 2.24) is 10.2 Å². The van der Waals surface area contributed by atoms with E-state index in [1.807, 2.05) is 23.1 Å². The van der Waals surface area contributed by atoms with E-state index < -0.39 is 5.54 Å². The minimum atomic E-state index is -0.806. The van der Waals surface area contributed by atoms with E-state index in [0.29, 0.717) is 11.8 Å². The number of benzene rings is 1. The van der Waals surface area contributed by atoms with Crippen LogP contribution in [-0.4, -0.2) is 36.0 Å². The molecule has 0 aromatic heterocycles. The van der Waals surface area contributed by atoms with Gasteiger partial charge in [0.1, 0.15) is 0 Å². The fraction of sp³-hybridized carbons (Fsp3) is 0.562. The van der Waals surface area contributed by atoms with E-state index in [-0.39, 0.29) is 36.8 Å². The molecule has 0 radical (unpaired) electrons. The van der Waals surface area contributed by atoms with Crippen molar-refractivity contribution < 1.29 is 4.79 Å². The fourth-order valence-electron chi connectivity index (χ4n) is 3.58. The number of nitrogens with two attached hydrogens (primary N) is 1. The average Bonchev–Trinajstić information content (AvgIpc) is 2.97. The summed E-state index contributed by atoms with van der Waals surface area (Å²) in [5, 5.41) is 3.45. The lowest BCUT2D eigenvalue weighted by Gasteiger charge is -2.33. The molecule has 0 bridgehead atoms. The standard InChI is InChI=1S/C16H23N3O.2ClH/c1-16(2,17)15(20)19-10-12-8-18-9-13(12)14(19)11-6-4-3-5-7-11;;/h3-7,12-14,18H,8-10,17H2,1-2H3;2*1H/t12-,13-,14+;;/m0../s1. The van der Waals surface area contributed by atoms with Crippen LogP contribution < -0.4 is 11.1 Å². The van der Waals surface area contributed by atoms with Crippen LogP contribution in [0.4, 0.5) is 0 Å². The SMILES string of the molecule is CC(C)(N)C(=O)N1C[C@@H]2CNC[C@@H]2[C@H]1c1ccccc1.Cl.Cl. The smallest absolute Gasteiger partial charge is 0.242 e. The fourth-order valence-corrected chi connectivity index (χ4v) is 3.58. The molecule has 3 rings (SSSR count). The van der Waals surface area contributed by atoms with Crippen molar-refractivity contribution in [3.8, 4) is 0 Å². The summed E-state index contributed by atoms with van der Waals surface area (Å²) in [6.07, 6.45) is 0. The van der Waals surface area contributed by atoms with Crippen molar-refractivity contribution in [2.45, 2.75) is 25.4 Å². The molecule has 124 valence electrons. The van der Waals surface area contributed by atoms with Crippen LogP contribution in [0.15, 0.2) is 30.3 Å². The van der Waals surface area contributed by atoms with Crippen molar-refractivity contribution in [2.75, 3.05) is 19.6 Å². The maximum Gasteiger partial charge on any atom is 0.242 e. The molecule has 0 spiro atoms. The van der Waals surface area contributed by atoms with E-state index in [1.54, 1.807) is 13.8 Å². The highest BCUT2D eigenvalue weighted by molar-refractivity contribution is 5.86. The quantitative estimate of drug-likeness (QED) is 0.861. The lowest BCUT2D eigenvalue weighted by Crippen LogP contribution is -2.51. The van der Waals surface area contributed by atoms with Gasteiger partial charge >= 0.3 is 0 Å². The summed E-state index contributed by atoms with van der Waals surface area (Å²) in [5.41, 5.74) is 6.46. The number of halogens is 2. The van der Waals surface area contributed by atoms with Crippen LogP contribution in [-0.2, 0) is 4.79 Å². The maximum absolute atomic E-state index is 12.7. The maximum atomic E-state index is 12.7. The topological polar surface area (TPSA) is 58.4 Å². The van der Waals surface area contributed by atoms with Gasteiger partial charge in [0.15, 0.2) is 0 Å². The third kappa shape index (κ3) is 3.40. The van der Waals surface area contributed by atoms with Gasteiger partial charge in [-0.3, -0.25) is 4.79 Å². The number of rotatable bonds is 2. The Morgan fingerprint density at radius 3 is 2.45 bits per heavy atom. The molecule has 22 heavy (non-hydrogen) atoms. The van der Waals surface area contributed by atoms with Gasteiger partial charge in [-0.15, -0.1) is 24.8 Å². The normalized spacial score (nSPS) is 26.9. The highest BCUT2D eigenvalue weighted by atomic mass is 35.5. The van der Waals surface area contributed by atoms with Crippen molar-refractivity contribution in [2.24, 2.45) is 17.6 Å². The Kier molecular flexibility index (Phi) is 6.27. The minimum absolute atomic E-state index is 0. The Bertz CT molecular complexity index is 504. The third-order valence-corrected chi connectivity index (χ3v) is 4.52. The summed E-state index contributed by atoms with van der Waals surface area (Å²) in [4.78, 5) is 14.7. The van der Waals surface area contributed by atoms with E-state index in [1.165, 1.54) is 5.56 Å². The molecule has 0 unspecified atom stereocenters. The molecule has 1 aromatic rings. The van der Waals surface area contributed by atoms with Crippen molar-refractivity contribution in [3.63, 3.8) is 0 Å². The highest BCUT2D eigenvalue weighted by Gasteiger charge is 2.48. The first-order valence-electron chi connectivity index (χ1n) is 7.34. The number of carbonyl (C=O) groups is 1. The molecule has 2 heterocycles. The molecule has 6 heteroatoms. The molecule has 2 fully saturated rings. The largest absolute Gasteiger partial charge is 0.333 e. The number of nitrogens with zero attached hydrogens (tertiary/aromatic N) is 1. The molecule has 3 atom stereocenters. The summed E-state index contributed by atoms with van der Waals surface area (Å²) in [6, 6.07) is 10.5. The molecular weight excluding hydrogens is 321 g/mol. The summed E-state index contributed by atoms with van der Waals surface area (Å²) in [6.45, 7) is 6.39. The van der Waals surface area contributed by atoms with Crippen molar-refractivity contribution in [3.05, 3.63) is 35.9 Å². The van der Waals surface area contributed by atoms with E-state index in [2.05, 4.69) is 17.4 Å². The monoisotopic (exact) mass is 345 g/mol. The van der Waals surface area contributed by atoms with Crippen LogP contribution in [0.1, 0.15) is 25.5 Å². The van der Waals surface area contributed by atoms with Crippen LogP contribution in [0, 0.1) is 11.8 Å². The summed E-state index contributed by atoms with van der Waals surface area (Å²) in [5.74, 6) is 1.11. The molecule has 0 aliphatic carbocycles. The average molecular weight is 346 g/mol. The van der Waals surface area contributed by atoms with Gasteiger partial charge in [0.2, 0.25) is 5.91 Å². The number of hydrogen-bond donors (Lipinski definition) is 2. The molecule has 3 N–H and O–H groups in total. The molecule has 1 aromatic carbocycles. The van der Waals surface area contributed by atoms with Crippen molar-refractivity contribution in [1.29, 1.82) is 0 Å². The Morgan fingerprint density at radius 2 is 1.86 bits per heavy atom. The van der Waals surface area contributed by atoms with Crippen LogP contribution in [0.25, 0.3) is 0 Å². The first-order chi connectivity index (χ1) is 9.48. The second kappa shape index (κ2) is 7.18. The molecule has 0 saturated carbocycles. The van der Waals surface area contributed by atoms with Crippen LogP contribution in [0.5, 0.6) is 0 Å². The van der Waals surface area contributed by atoms with E-state index in [4.69, 9.17) is 5.73 Å². The highest BCUT2D eigenvalue weighted by Crippen LogP contribution is 2.43. The van der Waals surface area contributed by atoms with E-state index >= 15 is 0 Å². The molecule has 2 aliphatic heterocycles. The zero-order valence-corrected chi connectivity index (χ0v) is 14.6. The minimum Gasteiger partial charge on any atom is -0.333 e. The summed E-state index contributed by atoms with van der Waals surface area (Å²) >= 11 is 0. The van der Waals surface area contributed by atoms with Gasteiger partial charge in [-0.25, -0.2) is 0 Å². The predicted molar refractivity (Wildman–Crippen MR) is 93.5 cm³/mol. The lowest BCUT2D eigenvalue weighted by molar-refractivity contribution is -0.137. The zero-order valence-electron chi connectivity index (χ0n) is 13.0. The predicted octanol–water partition coefficient (Wildman–Crippen LogP) is 1.99. The Balaban J connectivity index is 0.00000121. The number of hydrogen-bond acceptors (Lipinski definition) is 3. The van der Waals surface area contributed by atoms with Gasteiger partial charge in [0.25, 0.3) is 0 Å². The molecule has 1 amide bonds. The molecular formula is C16H25Cl2N3O. The molecule has 2 saturated heterocycles.